The Morgan fingerprint density at radius 3 is 2.29 bits per heavy atom. The molecular formula is C17H13Br3Cl3N3OS. The van der Waals surface area contributed by atoms with Gasteiger partial charge in [-0.25, -0.2) is 0 Å². The Balaban J connectivity index is 2.16. The number of carbonyl (C=O) groups excluding carboxylic acids is 1. The van der Waals surface area contributed by atoms with Crippen LogP contribution < -0.4 is 16.0 Å². The van der Waals surface area contributed by atoms with Crippen molar-refractivity contribution in [1.29, 1.82) is 0 Å². The zero-order valence-corrected chi connectivity index (χ0v) is 22.0. The molecule has 2 aromatic rings. The van der Waals surface area contributed by atoms with Crippen LogP contribution in [0.2, 0.25) is 0 Å². The zero-order chi connectivity index (χ0) is 21.1. The molecule has 0 radical (unpaired) electrons. The largest absolute Gasteiger partial charge is 0.339 e. The van der Waals surface area contributed by atoms with Gasteiger partial charge in [0.1, 0.15) is 6.17 Å². The number of thiocarbonyl (C=S) groups is 1. The fraction of sp³-hybridized carbons (Fsp3) is 0.176. The summed E-state index contributed by atoms with van der Waals surface area (Å²) in [5.74, 6) is -0.430. The van der Waals surface area contributed by atoms with E-state index < -0.39 is 15.9 Å². The van der Waals surface area contributed by atoms with E-state index in [-0.39, 0.29) is 5.11 Å². The van der Waals surface area contributed by atoms with Crippen LogP contribution in [-0.4, -0.2) is 21.0 Å². The van der Waals surface area contributed by atoms with Crippen LogP contribution in [0.3, 0.4) is 0 Å². The summed E-state index contributed by atoms with van der Waals surface area (Å²) in [6, 6.07) is 10.7. The summed E-state index contributed by atoms with van der Waals surface area (Å²) in [5.41, 5.74) is 2.09. The van der Waals surface area contributed by atoms with Gasteiger partial charge in [0.2, 0.25) is 3.79 Å². The van der Waals surface area contributed by atoms with Gasteiger partial charge >= 0.3 is 0 Å². The van der Waals surface area contributed by atoms with Crippen molar-refractivity contribution in [3.8, 4) is 0 Å². The second-order valence-electron chi connectivity index (χ2n) is 5.61. The first kappa shape index (κ1) is 24.2. The third-order valence-electron chi connectivity index (χ3n) is 3.49. The van der Waals surface area contributed by atoms with Gasteiger partial charge in [-0.05, 0) is 80.8 Å². The molecule has 0 saturated carbocycles. The molecule has 28 heavy (non-hydrogen) atoms. The molecule has 1 atom stereocenters. The number of anilines is 1. The number of benzene rings is 2. The van der Waals surface area contributed by atoms with E-state index in [9.17, 15) is 4.79 Å². The maximum Gasteiger partial charge on any atom is 0.254 e. The molecule has 0 fully saturated rings. The quantitative estimate of drug-likeness (QED) is 0.196. The van der Waals surface area contributed by atoms with Crippen molar-refractivity contribution < 1.29 is 4.79 Å². The van der Waals surface area contributed by atoms with E-state index in [0.29, 0.717) is 10.0 Å². The highest BCUT2D eigenvalue weighted by atomic mass is 79.9. The molecule has 0 aliphatic heterocycles. The zero-order valence-electron chi connectivity index (χ0n) is 14.1. The molecular weight excluding hydrogens is 640 g/mol. The lowest BCUT2D eigenvalue weighted by Crippen LogP contribution is -2.56. The Hall–Kier alpha value is -0.0900. The van der Waals surface area contributed by atoms with Gasteiger partial charge in [0.15, 0.2) is 5.11 Å². The van der Waals surface area contributed by atoms with Gasteiger partial charge in [0.05, 0.1) is 11.3 Å². The lowest BCUT2D eigenvalue weighted by atomic mass is 10.2. The summed E-state index contributed by atoms with van der Waals surface area (Å²) in [5, 5.41) is 8.71. The number of nitrogens with one attached hydrogen (secondary N) is 3. The lowest BCUT2D eigenvalue weighted by molar-refractivity contribution is 0.0934. The minimum atomic E-state index is -1.85. The minimum absolute atomic E-state index is 0.176. The number of aryl methyl sites for hydroxylation is 1. The smallest absolute Gasteiger partial charge is 0.254 e. The van der Waals surface area contributed by atoms with Crippen molar-refractivity contribution in [2.24, 2.45) is 0 Å². The first-order valence-electron chi connectivity index (χ1n) is 7.64. The highest BCUT2D eigenvalue weighted by Crippen LogP contribution is 2.32. The summed E-state index contributed by atoms with van der Waals surface area (Å²) in [6.45, 7) is 1.92. The van der Waals surface area contributed by atoms with Crippen molar-refractivity contribution in [3.05, 3.63) is 60.9 Å². The molecule has 0 aliphatic rings. The van der Waals surface area contributed by atoms with Crippen molar-refractivity contribution in [1.82, 2.24) is 10.6 Å². The summed E-state index contributed by atoms with van der Waals surface area (Å²) in [6.07, 6.45) is -1.08. The van der Waals surface area contributed by atoms with Gasteiger partial charge in [-0.15, -0.1) is 0 Å². The highest BCUT2D eigenvalue weighted by Gasteiger charge is 2.35. The average Bonchev–Trinajstić information content (AvgIpc) is 2.57. The second kappa shape index (κ2) is 10.3. The summed E-state index contributed by atoms with van der Waals surface area (Å²) in [4.78, 5) is 12.6. The number of hydrogen-bond acceptors (Lipinski definition) is 2. The molecule has 0 saturated heterocycles. The lowest BCUT2D eigenvalue weighted by Gasteiger charge is -2.28. The molecule has 150 valence electrons. The highest BCUT2D eigenvalue weighted by molar-refractivity contribution is 9.11. The van der Waals surface area contributed by atoms with Crippen LogP contribution in [0, 0.1) is 6.92 Å². The van der Waals surface area contributed by atoms with E-state index in [2.05, 4.69) is 63.7 Å². The van der Waals surface area contributed by atoms with E-state index >= 15 is 0 Å². The standard InChI is InChI=1S/C17H13Br3Cl3N3OS/c1-8-6-9(18)7-12(20)13(8)24-16(28)26-15(17(21,22)23)25-14(27)10-4-2-3-5-11(10)19/h2-7,15H,1H3,(H,25,27)(H2,24,26,28). The van der Waals surface area contributed by atoms with Gasteiger partial charge in [0.25, 0.3) is 5.91 Å². The van der Waals surface area contributed by atoms with Crippen LogP contribution in [0.15, 0.2) is 49.8 Å². The van der Waals surface area contributed by atoms with Crippen molar-refractivity contribution >= 4 is 112 Å². The monoisotopic (exact) mass is 649 g/mol. The molecule has 2 rings (SSSR count). The fourth-order valence-corrected chi connectivity index (χ4v) is 4.75. The van der Waals surface area contributed by atoms with Crippen molar-refractivity contribution in [2.45, 2.75) is 16.9 Å². The first-order chi connectivity index (χ1) is 13.0. The van der Waals surface area contributed by atoms with E-state index in [0.717, 1.165) is 20.2 Å². The number of carbonyl (C=O) groups is 1. The number of hydrogen-bond donors (Lipinski definition) is 3. The molecule has 1 unspecified atom stereocenters. The van der Waals surface area contributed by atoms with Gasteiger partial charge in [-0.1, -0.05) is 62.9 Å². The van der Waals surface area contributed by atoms with Crippen molar-refractivity contribution in [3.63, 3.8) is 0 Å². The third-order valence-corrected chi connectivity index (χ3v) is 6.14. The van der Waals surface area contributed by atoms with Gasteiger partial charge in [0, 0.05) is 13.4 Å². The van der Waals surface area contributed by atoms with E-state index in [4.69, 9.17) is 47.0 Å². The van der Waals surface area contributed by atoms with Crippen LogP contribution >= 0.6 is 94.8 Å². The Morgan fingerprint density at radius 1 is 1.07 bits per heavy atom. The molecule has 0 bridgehead atoms. The molecule has 0 aromatic heterocycles. The molecule has 0 spiro atoms. The average molecular weight is 653 g/mol. The van der Waals surface area contributed by atoms with Crippen LogP contribution in [0.4, 0.5) is 5.69 Å². The maximum atomic E-state index is 12.6. The Kier molecular flexibility index (Phi) is 8.88. The SMILES string of the molecule is Cc1cc(Br)cc(Br)c1NC(=S)NC(NC(=O)c1ccccc1Br)C(Cl)(Cl)Cl. The minimum Gasteiger partial charge on any atom is -0.339 e. The molecule has 2 aromatic carbocycles. The van der Waals surface area contributed by atoms with Gasteiger partial charge < -0.3 is 16.0 Å². The predicted molar refractivity (Wildman–Crippen MR) is 132 cm³/mol. The predicted octanol–water partition coefficient (Wildman–Crippen LogP) is 6.70. The first-order valence-corrected chi connectivity index (χ1v) is 11.6. The number of alkyl halides is 3. The third kappa shape index (κ3) is 6.72. The molecule has 0 heterocycles. The van der Waals surface area contributed by atoms with Crippen LogP contribution in [-0.2, 0) is 0 Å². The van der Waals surface area contributed by atoms with Crippen molar-refractivity contribution in [2.75, 3.05) is 5.32 Å². The van der Waals surface area contributed by atoms with Gasteiger partial charge in [-0.2, -0.15) is 0 Å². The molecule has 4 nitrogen and oxygen atoms in total. The molecule has 1 amide bonds. The number of amides is 1. The number of rotatable bonds is 4. The maximum absolute atomic E-state index is 12.6. The number of halogens is 6. The van der Waals surface area contributed by atoms with Crippen LogP contribution in [0.25, 0.3) is 0 Å². The van der Waals surface area contributed by atoms with E-state index in [1.807, 2.05) is 19.1 Å². The normalized spacial score (nSPS) is 12.2. The van der Waals surface area contributed by atoms with Gasteiger partial charge in [-0.3, -0.25) is 4.79 Å². The van der Waals surface area contributed by atoms with Crippen LogP contribution in [0.5, 0.6) is 0 Å². The summed E-state index contributed by atoms with van der Waals surface area (Å²) < 4.78 is 0.479. The van der Waals surface area contributed by atoms with Crippen LogP contribution in [0.1, 0.15) is 15.9 Å². The Labute approximate surface area is 208 Å². The molecule has 0 aliphatic carbocycles. The topological polar surface area (TPSA) is 53.2 Å². The summed E-state index contributed by atoms with van der Waals surface area (Å²) >= 11 is 33.7. The second-order valence-corrected chi connectivity index (χ2v) is 11.0. The Morgan fingerprint density at radius 2 is 1.71 bits per heavy atom. The van der Waals surface area contributed by atoms with E-state index in [1.165, 1.54) is 0 Å². The Bertz CT molecular complexity index is 886. The fourth-order valence-electron chi connectivity index (χ4n) is 2.20. The molecule has 11 heteroatoms. The van der Waals surface area contributed by atoms with E-state index in [1.54, 1.807) is 24.3 Å². The summed E-state index contributed by atoms with van der Waals surface area (Å²) in [7, 11) is 0. The molecule has 3 N–H and O–H groups in total.